The third kappa shape index (κ3) is 10.0. The SMILES string of the molecule is COCCCOc1cc(C[C@@H]([C@@H](O)[C@@H](N)CCC(C)C)N2CCCC2)ccc1OC.Cl.Cl. The summed E-state index contributed by atoms with van der Waals surface area (Å²) in [4.78, 5) is 2.41. The minimum atomic E-state index is -0.546. The molecule has 6 nitrogen and oxygen atoms in total. The fraction of sp³-hybridized carbons (Fsp3) is 0.750. The molecule has 8 heteroatoms. The molecule has 1 heterocycles. The van der Waals surface area contributed by atoms with E-state index in [0.717, 1.165) is 55.8 Å². The summed E-state index contributed by atoms with van der Waals surface area (Å²) < 4.78 is 16.5. The molecule has 1 aromatic carbocycles. The summed E-state index contributed by atoms with van der Waals surface area (Å²) in [6, 6.07) is 5.87. The van der Waals surface area contributed by atoms with Crippen LogP contribution in [0.4, 0.5) is 0 Å². The van der Waals surface area contributed by atoms with E-state index in [1.807, 2.05) is 12.1 Å². The largest absolute Gasteiger partial charge is 0.493 e. The van der Waals surface area contributed by atoms with E-state index < -0.39 is 6.10 Å². The molecule has 0 aromatic heterocycles. The van der Waals surface area contributed by atoms with Gasteiger partial charge in [-0.25, -0.2) is 0 Å². The Balaban J connectivity index is 0.00000480. The van der Waals surface area contributed by atoms with Crippen molar-refractivity contribution in [3.05, 3.63) is 23.8 Å². The smallest absolute Gasteiger partial charge is 0.161 e. The van der Waals surface area contributed by atoms with Gasteiger partial charge < -0.3 is 25.1 Å². The minimum Gasteiger partial charge on any atom is -0.493 e. The van der Waals surface area contributed by atoms with E-state index in [-0.39, 0.29) is 36.9 Å². The number of hydrogen-bond donors (Lipinski definition) is 2. The summed E-state index contributed by atoms with van der Waals surface area (Å²) in [5, 5.41) is 11.1. The molecule has 0 spiro atoms. The summed E-state index contributed by atoms with van der Waals surface area (Å²) in [5.41, 5.74) is 7.55. The molecule has 0 radical (unpaired) electrons. The lowest BCUT2D eigenvalue weighted by molar-refractivity contribution is 0.0399. The Morgan fingerprint density at radius 1 is 1.03 bits per heavy atom. The van der Waals surface area contributed by atoms with Crippen LogP contribution >= 0.6 is 24.8 Å². The van der Waals surface area contributed by atoms with Gasteiger partial charge in [0.15, 0.2) is 11.5 Å². The van der Waals surface area contributed by atoms with Crippen LogP contribution in [0.15, 0.2) is 18.2 Å². The van der Waals surface area contributed by atoms with Gasteiger partial charge in [-0.3, -0.25) is 4.90 Å². The number of ether oxygens (including phenoxy) is 3. The van der Waals surface area contributed by atoms with Crippen LogP contribution < -0.4 is 15.2 Å². The highest BCUT2D eigenvalue weighted by Crippen LogP contribution is 2.30. The van der Waals surface area contributed by atoms with E-state index in [0.29, 0.717) is 19.1 Å². The summed E-state index contributed by atoms with van der Waals surface area (Å²) in [5.74, 6) is 2.06. The van der Waals surface area contributed by atoms with Crippen molar-refractivity contribution in [3.63, 3.8) is 0 Å². The molecule has 32 heavy (non-hydrogen) atoms. The summed E-state index contributed by atoms with van der Waals surface area (Å²) >= 11 is 0. The number of methoxy groups -OCH3 is 2. The van der Waals surface area contributed by atoms with E-state index in [1.54, 1.807) is 14.2 Å². The number of aliphatic hydroxyl groups is 1. The molecule has 1 saturated heterocycles. The van der Waals surface area contributed by atoms with Crippen LogP contribution in [-0.4, -0.2) is 68.7 Å². The molecule has 1 fully saturated rings. The van der Waals surface area contributed by atoms with Crippen molar-refractivity contribution in [3.8, 4) is 11.5 Å². The number of hydrogen-bond acceptors (Lipinski definition) is 6. The molecule has 2 rings (SSSR count). The second kappa shape index (κ2) is 16.8. The van der Waals surface area contributed by atoms with Crippen LogP contribution in [0.3, 0.4) is 0 Å². The van der Waals surface area contributed by atoms with Crippen molar-refractivity contribution < 1.29 is 19.3 Å². The molecule has 1 aliphatic heterocycles. The van der Waals surface area contributed by atoms with Crippen molar-refractivity contribution in [2.75, 3.05) is 40.5 Å². The minimum absolute atomic E-state index is 0. The monoisotopic (exact) mass is 494 g/mol. The molecule has 1 aromatic rings. The second-order valence-corrected chi connectivity index (χ2v) is 8.82. The fourth-order valence-corrected chi connectivity index (χ4v) is 4.11. The molecule has 3 N–H and O–H groups in total. The number of rotatable bonds is 14. The lowest BCUT2D eigenvalue weighted by Crippen LogP contribution is -2.51. The molecular formula is C24H44Cl2N2O4. The number of nitrogens with two attached hydrogens (primary N) is 1. The van der Waals surface area contributed by atoms with E-state index in [2.05, 4.69) is 24.8 Å². The molecule has 0 unspecified atom stereocenters. The summed E-state index contributed by atoms with van der Waals surface area (Å²) in [7, 11) is 3.35. The lowest BCUT2D eigenvalue weighted by atomic mass is 9.91. The first-order valence-corrected chi connectivity index (χ1v) is 11.4. The standard InChI is InChI=1S/C24H42N2O4.2ClH/c1-18(2)8-10-20(25)24(27)21(26-12-5-6-13-26)16-19-9-11-22(29-4)23(17-19)30-15-7-14-28-3;;/h9,11,17-18,20-21,24,27H,5-8,10,12-16,25H2,1-4H3;2*1H/t20-,21-,24-;;/m0../s1. The number of halogens is 2. The summed E-state index contributed by atoms with van der Waals surface area (Å²) in [6.45, 7) is 7.68. The zero-order valence-electron chi connectivity index (χ0n) is 20.1. The van der Waals surface area contributed by atoms with Crippen molar-refractivity contribution in [2.24, 2.45) is 11.7 Å². The Kier molecular flexibility index (Phi) is 16.4. The normalized spacial score (nSPS) is 16.7. The number of benzene rings is 1. The fourth-order valence-electron chi connectivity index (χ4n) is 4.11. The first kappa shape index (κ1) is 31.2. The Hall–Kier alpha value is -0.760. The van der Waals surface area contributed by atoms with Crippen molar-refractivity contribution in [2.45, 2.75) is 70.6 Å². The van der Waals surface area contributed by atoms with Gasteiger partial charge in [-0.2, -0.15) is 0 Å². The molecule has 0 aliphatic carbocycles. The van der Waals surface area contributed by atoms with Gasteiger partial charge in [0.05, 0.1) is 19.8 Å². The molecule has 3 atom stereocenters. The predicted molar refractivity (Wildman–Crippen MR) is 136 cm³/mol. The van der Waals surface area contributed by atoms with Gasteiger partial charge in [-0.05, 0) is 68.8 Å². The quantitative estimate of drug-likeness (QED) is 0.379. The third-order valence-electron chi connectivity index (χ3n) is 5.94. The average molecular weight is 496 g/mol. The van der Waals surface area contributed by atoms with Gasteiger partial charge in [-0.15, -0.1) is 24.8 Å². The zero-order valence-corrected chi connectivity index (χ0v) is 21.8. The topological polar surface area (TPSA) is 77.2 Å². The van der Waals surface area contributed by atoms with Crippen LogP contribution in [0, 0.1) is 5.92 Å². The second-order valence-electron chi connectivity index (χ2n) is 8.82. The first-order valence-electron chi connectivity index (χ1n) is 11.4. The summed E-state index contributed by atoms with van der Waals surface area (Å²) in [6.07, 6.45) is 5.27. The molecule has 188 valence electrons. The first-order chi connectivity index (χ1) is 14.5. The van der Waals surface area contributed by atoms with E-state index >= 15 is 0 Å². The highest BCUT2D eigenvalue weighted by molar-refractivity contribution is 5.85. The molecule has 1 aliphatic rings. The third-order valence-corrected chi connectivity index (χ3v) is 5.94. The van der Waals surface area contributed by atoms with Crippen LogP contribution in [0.25, 0.3) is 0 Å². The molecular weight excluding hydrogens is 451 g/mol. The highest BCUT2D eigenvalue weighted by atomic mass is 35.5. The van der Waals surface area contributed by atoms with E-state index in [9.17, 15) is 5.11 Å². The van der Waals surface area contributed by atoms with Gasteiger partial charge in [0.25, 0.3) is 0 Å². The Bertz CT molecular complexity index is 616. The Labute approximate surface area is 207 Å². The van der Waals surface area contributed by atoms with E-state index in [4.69, 9.17) is 19.9 Å². The van der Waals surface area contributed by atoms with Crippen LogP contribution in [-0.2, 0) is 11.2 Å². The maximum Gasteiger partial charge on any atom is 0.161 e. The number of nitrogens with zero attached hydrogens (tertiary/aromatic N) is 1. The molecule has 0 bridgehead atoms. The van der Waals surface area contributed by atoms with Gasteiger partial charge >= 0.3 is 0 Å². The van der Waals surface area contributed by atoms with Crippen molar-refractivity contribution in [1.82, 2.24) is 4.90 Å². The molecule has 0 amide bonds. The highest BCUT2D eigenvalue weighted by Gasteiger charge is 2.32. The Morgan fingerprint density at radius 2 is 1.72 bits per heavy atom. The van der Waals surface area contributed by atoms with Crippen LogP contribution in [0.1, 0.15) is 51.5 Å². The van der Waals surface area contributed by atoms with Gasteiger partial charge in [-0.1, -0.05) is 19.9 Å². The average Bonchev–Trinajstić information content (AvgIpc) is 3.27. The van der Waals surface area contributed by atoms with Crippen LogP contribution in [0.2, 0.25) is 0 Å². The van der Waals surface area contributed by atoms with Gasteiger partial charge in [0.2, 0.25) is 0 Å². The van der Waals surface area contributed by atoms with E-state index in [1.165, 1.54) is 12.8 Å². The Morgan fingerprint density at radius 3 is 2.31 bits per heavy atom. The van der Waals surface area contributed by atoms with Crippen LogP contribution in [0.5, 0.6) is 11.5 Å². The molecule has 0 saturated carbocycles. The van der Waals surface area contributed by atoms with Gasteiger partial charge in [0.1, 0.15) is 0 Å². The number of likely N-dealkylation sites (tertiary alicyclic amines) is 1. The van der Waals surface area contributed by atoms with Crippen molar-refractivity contribution >= 4 is 24.8 Å². The lowest BCUT2D eigenvalue weighted by Gasteiger charge is -2.35. The number of aliphatic hydroxyl groups excluding tert-OH is 1. The zero-order chi connectivity index (χ0) is 21.9. The van der Waals surface area contributed by atoms with Gasteiger partial charge in [0, 0.05) is 32.2 Å². The maximum absolute atomic E-state index is 11.1. The maximum atomic E-state index is 11.1. The van der Waals surface area contributed by atoms with Crippen molar-refractivity contribution in [1.29, 1.82) is 0 Å². The predicted octanol–water partition coefficient (Wildman–Crippen LogP) is 4.09.